The van der Waals surface area contributed by atoms with Gasteiger partial charge in [-0.25, -0.2) is 15.0 Å². The lowest BCUT2D eigenvalue weighted by atomic mass is 10.0. The second kappa shape index (κ2) is 12.3. The van der Waals surface area contributed by atoms with Crippen LogP contribution in [0.25, 0.3) is 104 Å². The van der Waals surface area contributed by atoms with E-state index >= 15 is 0 Å². The van der Waals surface area contributed by atoms with Gasteiger partial charge in [-0.3, -0.25) is 0 Å². The summed E-state index contributed by atoms with van der Waals surface area (Å²) in [7, 11) is 0. The monoisotopic (exact) mass is 706 g/mol. The number of benzene rings is 8. The van der Waals surface area contributed by atoms with Crippen LogP contribution in [0.2, 0.25) is 0 Å². The van der Waals surface area contributed by atoms with Crippen molar-refractivity contribution in [2.45, 2.75) is 0 Å². The highest BCUT2D eigenvalue weighted by Gasteiger charge is 2.17. The van der Waals surface area contributed by atoms with Gasteiger partial charge in [-0.15, -0.1) is 11.3 Å². The zero-order valence-corrected chi connectivity index (χ0v) is 29.8. The predicted octanol–water partition coefficient (Wildman–Crippen LogP) is 13.2. The van der Waals surface area contributed by atoms with E-state index in [1.807, 2.05) is 17.4 Å². The van der Waals surface area contributed by atoms with Gasteiger partial charge in [0.25, 0.3) is 0 Å². The molecule has 0 aliphatic heterocycles. The molecule has 11 rings (SSSR count). The summed E-state index contributed by atoms with van der Waals surface area (Å²) in [4.78, 5) is 15.4. The van der Waals surface area contributed by atoms with Crippen molar-refractivity contribution < 1.29 is 0 Å². The highest BCUT2D eigenvalue weighted by Crippen LogP contribution is 2.38. The van der Waals surface area contributed by atoms with Gasteiger partial charge in [0.1, 0.15) is 0 Å². The van der Waals surface area contributed by atoms with Crippen LogP contribution in [0, 0.1) is 0 Å². The largest absolute Gasteiger partial charge is 0.309 e. The summed E-state index contributed by atoms with van der Waals surface area (Å²) in [5.74, 6) is 1.92. The summed E-state index contributed by atoms with van der Waals surface area (Å²) >= 11 is 1.81. The van der Waals surface area contributed by atoms with Crippen molar-refractivity contribution in [3.8, 4) is 51.0 Å². The van der Waals surface area contributed by atoms with Gasteiger partial charge in [-0.2, -0.15) is 0 Å². The van der Waals surface area contributed by atoms with E-state index in [2.05, 4.69) is 180 Å². The van der Waals surface area contributed by atoms with Crippen LogP contribution in [-0.4, -0.2) is 19.5 Å². The molecule has 0 atom stereocenters. The lowest BCUT2D eigenvalue weighted by Crippen LogP contribution is -2.01. The Bertz CT molecular complexity index is 3210. The third kappa shape index (κ3) is 5.09. The fourth-order valence-electron chi connectivity index (χ4n) is 7.79. The normalized spacial score (nSPS) is 11.7. The molecule has 4 nitrogen and oxygen atoms in total. The number of thiophene rings is 1. The minimum atomic E-state index is 0.634. The predicted molar refractivity (Wildman–Crippen MR) is 226 cm³/mol. The number of hydrogen-bond donors (Lipinski definition) is 0. The Morgan fingerprint density at radius 3 is 1.74 bits per heavy atom. The third-order valence-electron chi connectivity index (χ3n) is 10.4. The molecule has 0 bridgehead atoms. The maximum absolute atomic E-state index is 5.15. The number of nitrogens with zero attached hydrogens (tertiary/aromatic N) is 4. The van der Waals surface area contributed by atoms with E-state index < -0.39 is 0 Å². The standard InChI is InChI=1S/C49H30N4S/c1-2-11-31(12-3-1)33-15-10-16-36(27-33)48-50-47(51-49(52-48)37-23-26-46-42(29-37)40-18-7-9-20-45(40)54-46)32-21-24-38(25-22-32)53-43-19-8-6-17-39(43)41-28-34-13-4-5-14-35(34)30-44(41)53/h1-30H. The second-order valence-corrected chi connectivity index (χ2v) is 14.8. The van der Waals surface area contributed by atoms with Crippen molar-refractivity contribution >= 4 is 64.1 Å². The van der Waals surface area contributed by atoms with Crippen LogP contribution >= 0.6 is 11.3 Å². The minimum absolute atomic E-state index is 0.634. The highest BCUT2D eigenvalue weighted by molar-refractivity contribution is 7.25. The summed E-state index contributed by atoms with van der Waals surface area (Å²) in [6, 6.07) is 64.5. The van der Waals surface area contributed by atoms with Crippen LogP contribution in [0.1, 0.15) is 0 Å². The molecule has 11 aromatic rings. The molecule has 3 aromatic heterocycles. The first-order valence-electron chi connectivity index (χ1n) is 18.1. The Balaban J connectivity index is 1.07. The summed E-state index contributed by atoms with van der Waals surface area (Å²) in [5, 5.41) is 7.41. The Hall–Kier alpha value is -6.95. The van der Waals surface area contributed by atoms with E-state index in [4.69, 9.17) is 15.0 Å². The van der Waals surface area contributed by atoms with Crippen molar-refractivity contribution in [2.75, 3.05) is 0 Å². The summed E-state index contributed by atoms with van der Waals surface area (Å²) in [6.45, 7) is 0. The quantitative estimate of drug-likeness (QED) is 0.179. The van der Waals surface area contributed by atoms with E-state index in [0.29, 0.717) is 17.5 Å². The summed E-state index contributed by atoms with van der Waals surface area (Å²) in [6.07, 6.45) is 0. The van der Waals surface area contributed by atoms with Crippen LogP contribution in [-0.2, 0) is 0 Å². The molecule has 0 fully saturated rings. The Morgan fingerprint density at radius 2 is 0.926 bits per heavy atom. The number of hydrogen-bond acceptors (Lipinski definition) is 4. The van der Waals surface area contributed by atoms with Gasteiger partial charge in [0.05, 0.1) is 11.0 Å². The van der Waals surface area contributed by atoms with Gasteiger partial charge in [0, 0.05) is 53.3 Å². The molecular formula is C49H30N4S. The fourth-order valence-corrected chi connectivity index (χ4v) is 8.88. The first kappa shape index (κ1) is 30.7. The third-order valence-corrected chi connectivity index (χ3v) is 11.6. The molecule has 3 heterocycles. The molecule has 8 aromatic carbocycles. The van der Waals surface area contributed by atoms with Gasteiger partial charge in [0.15, 0.2) is 17.5 Å². The zero-order valence-electron chi connectivity index (χ0n) is 29.0. The van der Waals surface area contributed by atoms with Crippen molar-refractivity contribution in [3.05, 3.63) is 182 Å². The van der Waals surface area contributed by atoms with Crippen LogP contribution < -0.4 is 0 Å². The van der Waals surface area contributed by atoms with Crippen LogP contribution in [0.15, 0.2) is 182 Å². The topological polar surface area (TPSA) is 43.6 Å². The molecule has 0 amide bonds. The van der Waals surface area contributed by atoms with Crippen molar-refractivity contribution in [2.24, 2.45) is 0 Å². The Kier molecular flexibility index (Phi) is 7.00. The molecule has 0 saturated heterocycles. The van der Waals surface area contributed by atoms with Gasteiger partial charge in [0.2, 0.25) is 0 Å². The molecule has 0 radical (unpaired) electrons. The molecular weight excluding hydrogens is 677 g/mol. The van der Waals surface area contributed by atoms with Crippen molar-refractivity contribution in [1.82, 2.24) is 19.5 Å². The molecule has 0 unspecified atom stereocenters. The van der Waals surface area contributed by atoms with E-state index in [1.54, 1.807) is 0 Å². The average molecular weight is 707 g/mol. The number of aromatic nitrogens is 4. The smallest absolute Gasteiger partial charge is 0.164 e. The fraction of sp³-hybridized carbons (Fsp3) is 0. The van der Waals surface area contributed by atoms with Gasteiger partial charge in [-0.1, -0.05) is 109 Å². The molecule has 0 N–H and O–H groups in total. The molecule has 54 heavy (non-hydrogen) atoms. The average Bonchev–Trinajstić information content (AvgIpc) is 3.78. The van der Waals surface area contributed by atoms with E-state index in [-0.39, 0.29) is 0 Å². The van der Waals surface area contributed by atoms with Gasteiger partial charge >= 0.3 is 0 Å². The van der Waals surface area contributed by atoms with Gasteiger partial charge < -0.3 is 4.57 Å². The first-order valence-corrected chi connectivity index (χ1v) is 18.9. The van der Waals surface area contributed by atoms with Crippen LogP contribution in [0.5, 0.6) is 0 Å². The zero-order chi connectivity index (χ0) is 35.6. The highest BCUT2D eigenvalue weighted by atomic mass is 32.1. The van der Waals surface area contributed by atoms with Crippen LogP contribution in [0.3, 0.4) is 0 Å². The first-order chi connectivity index (χ1) is 26.7. The number of fused-ring (bicyclic) bond motifs is 7. The van der Waals surface area contributed by atoms with E-state index in [1.165, 1.54) is 52.8 Å². The molecule has 0 aliphatic rings. The lowest BCUT2D eigenvalue weighted by molar-refractivity contribution is 1.07. The van der Waals surface area contributed by atoms with Crippen molar-refractivity contribution in [3.63, 3.8) is 0 Å². The number of rotatable bonds is 5. The van der Waals surface area contributed by atoms with Crippen molar-refractivity contribution in [1.29, 1.82) is 0 Å². The van der Waals surface area contributed by atoms with E-state index in [0.717, 1.165) is 33.5 Å². The maximum Gasteiger partial charge on any atom is 0.164 e. The molecule has 252 valence electrons. The number of para-hydroxylation sites is 1. The van der Waals surface area contributed by atoms with Gasteiger partial charge in [-0.05, 0) is 94.7 Å². The molecule has 0 saturated carbocycles. The summed E-state index contributed by atoms with van der Waals surface area (Å²) < 4.78 is 4.88. The molecule has 5 heteroatoms. The maximum atomic E-state index is 5.15. The summed E-state index contributed by atoms with van der Waals surface area (Å²) in [5.41, 5.74) is 8.54. The SMILES string of the molecule is c1ccc(-c2cccc(-c3nc(-c4ccc(-n5c6ccccc6c6cc7ccccc7cc65)cc4)nc(-c4ccc5sc6ccccc6c5c4)n3)c2)cc1. The van der Waals surface area contributed by atoms with Crippen LogP contribution in [0.4, 0.5) is 0 Å². The Labute approximate surface area is 315 Å². The second-order valence-electron chi connectivity index (χ2n) is 13.7. The Morgan fingerprint density at radius 1 is 0.333 bits per heavy atom. The van der Waals surface area contributed by atoms with E-state index in [9.17, 15) is 0 Å². The molecule has 0 spiro atoms. The lowest BCUT2D eigenvalue weighted by Gasteiger charge is -2.11. The molecule has 0 aliphatic carbocycles. The minimum Gasteiger partial charge on any atom is -0.309 e.